The highest BCUT2D eigenvalue weighted by Crippen LogP contribution is 2.23. The second-order valence-corrected chi connectivity index (χ2v) is 6.92. The molecule has 0 radical (unpaired) electrons. The highest BCUT2D eigenvalue weighted by Gasteiger charge is 2.32. The lowest BCUT2D eigenvalue weighted by Gasteiger charge is -2.35. The molecule has 2 N–H and O–H groups in total. The van der Waals surface area contributed by atoms with E-state index >= 15 is 0 Å². The van der Waals surface area contributed by atoms with E-state index in [2.05, 4.69) is 21.2 Å². The van der Waals surface area contributed by atoms with Crippen molar-refractivity contribution in [3.05, 3.63) is 34.3 Å². The third-order valence-corrected chi connectivity index (χ3v) is 4.53. The van der Waals surface area contributed by atoms with Crippen LogP contribution in [0.2, 0.25) is 0 Å². The number of carboxylic acids is 1. The summed E-state index contributed by atoms with van der Waals surface area (Å²) in [5.41, 5.74) is 1.01. The summed E-state index contributed by atoms with van der Waals surface area (Å²) in [5, 5.41) is 12.1. The molecule has 0 bridgehead atoms. The topological polar surface area (TPSA) is 69.6 Å². The van der Waals surface area contributed by atoms with Gasteiger partial charge in [0, 0.05) is 17.6 Å². The van der Waals surface area contributed by atoms with Gasteiger partial charge in [-0.15, -0.1) is 0 Å². The fourth-order valence-electron chi connectivity index (χ4n) is 2.81. The summed E-state index contributed by atoms with van der Waals surface area (Å²) in [6, 6.07) is 7.44. The van der Waals surface area contributed by atoms with Crippen molar-refractivity contribution in [2.45, 2.75) is 26.3 Å². The van der Waals surface area contributed by atoms with Crippen LogP contribution in [-0.4, -0.2) is 35.1 Å². The highest BCUT2D eigenvalue weighted by atomic mass is 79.9. The quantitative estimate of drug-likeness (QED) is 0.859. The number of carbonyl (C=O) groups excluding carboxylic acids is 1. The molecule has 1 aliphatic heterocycles. The van der Waals surface area contributed by atoms with Crippen molar-refractivity contribution in [2.75, 3.05) is 13.1 Å². The molecular formula is C16H21BrN2O3. The molecule has 1 aliphatic rings. The van der Waals surface area contributed by atoms with E-state index in [-0.39, 0.29) is 24.5 Å². The minimum Gasteiger partial charge on any atom is -0.481 e. The third kappa shape index (κ3) is 4.22. The Bertz CT molecular complexity index is 547. The van der Waals surface area contributed by atoms with Gasteiger partial charge in [-0.2, -0.15) is 0 Å². The van der Waals surface area contributed by atoms with Gasteiger partial charge in [0.2, 0.25) is 0 Å². The Labute approximate surface area is 138 Å². The van der Waals surface area contributed by atoms with Gasteiger partial charge in [-0.25, -0.2) is 4.79 Å². The first-order chi connectivity index (χ1) is 10.4. The van der Waals surface area contributed by atoms with Crippen LogP contribution >= 0.6 is 15.9 Å². The molecule has 1 fully saturated rings. The fourth-order valence-corrected chi connectivity index (χ4v) is 3.07. The predicted octanol–water partition coefficient (Wildman–Crippen LogP) is 3.26. The van der Waals surface area contributed by atoms with Crippen LogP contribution < -0.4 is 5.32 Å². The van der Waals surface area contributed by atoms with E-state index in [0.717, 1.165) is 10.0 Å². The van der Waals surface area contributed by atoms with E-state index in [4.69, 9.17) is 0 Å². The molecule has 3 atom stereocenters. The number of urea groups is 1. The maximum Gasteiger partial charge on any atom is 0.317 e. The summed E-state index contributed by atoms with van der Waals surface area (Å²) in [4.78, 5) is 25.2. The molecule has 0 aliphatic carbocycles. The lowest BCUT2D eigenvalue weighted by atomic mass is 9.91. The number of piperidine rings is 1. The molecule has 1 aromatic rings. The van der Waals surface area contributed by atoms with Crippen LogP contribution in [0.3, 0.4) is 0 Å². The molecule has 22 heavy (non-hydrogen) atoms. The van der Waals surface area contributed by atoms with Crippen LogP contribution in [0.15, 0.2) is 28.7 Å². The second-order valence-electron chi connectivity index (χ2n) is 6.00. The molecule has 0 saturated carbocycles. The number of likely N-dealkylation sites (tertiary alicyclic amines) is 1. The predicted molar refractivity (Wildman–Crippen MR) is 87.6 cm³/mol. The number of nitrogens with one attached hydrogen (secondary N) is 1. The molecule has 2 unspecified atom stereocenters. The maximum atomic E-state index is 12.4. The third-order valence-electron chi connectivity index (χ3n) is 4.01. The number of hydrogen-bond donors (Lipinski definition) is 2. The number of benzene rings is 1. The van der Waals surface area contributed by atoms with Crippen LogP contribution in [0.5, 0.6) is 0 Å². The van der Waals surface area contributed by atoms with Crippen molar-refractivity contribution >= 4 is 27.9 Å². The van der Waals surface area contributed by atoms with Crippen molar-refractivity contribution in [3.8, 4) is 0 Å². The number of carbonyl (C=O) groups is 2. The first-order valence-corrected chi connectivity index (χ1v) is 8.19. The van der Waals surface area contributed by atoms with Gasteiger partial charge in [-0.3, -0.25) is 4.79 Å². The first-order valence-electron chi connectivity index (χ1n) is 7.40. The number of carboxylic acid groups (broad SMARTS) is 1. The number of hydrogen-bond acceptors (Lipinski definition) is 2. The zero-order valence-corrected chi connectivity index (χ0v) is 14.3. The summed E-state index contributed by atoms with van der Waals surface area (Å²) < 4.78 is 0.990. The van der Waals surface area contributed by atoms with E-state index in [1.54, 1.807) is 4.90 Å². The van der Waals surface area contributed by atoms with Crippen LogP contribution in [0.4, 0.5) is 4.79 Å². The highest BCUT2D eigenvalue weighted by molar-refractivity contribution is 9.10. The molecule has 120 valence electrons. The van der Waals surface area contributed by atoms with E-state index in [0.29, 0.717) is 13.0 Å². The first kappa shape index (κ1) is 16.8. The molecule has 0 aromatic heterocycles. The minimum atomic E-state index is -0.828. The van der Waals surface area contributed by atoms with E-state index in [1.165, 1.54) is 0 Å². The van der Waals surface area contributed by atoms with Gasteiger partial charge in [0.05, 0.1) is 12.0 Å². The molecule has 6 heteroatoms. The summed E-state index contributed by atoms with van der Waals surface area (Å²) in [6.45, 7) is 4.78. The van der Waals surface area contributed by atoms with Crippen LogP contribution in [0.25, 0.3) is 0 Å². The number of nitrogens with zero attached hydrogens (tertiary/aromatic N) is 1. The minimum absolute atomic E-state index is 0.124. The smallest absolute Gasteiger partial charge is 0.317 e. The largest absolute Gasteiger partial charge is 0.481 e. The van der Waals surface area contributed by atoms with Gasteiger partial charge in [0.1, 0.15) is 0 Å². The lowest BCUT2D eigenvalue weighted by Crippen LogP contribution is -2.49. The van der Waals surface area contributed by atoms with Gasteiger partial charge >= 0.3 is 12.0 Å². The Hall–Kier alpha value is -1.56. The fraction of sp³-hybridized carbons (Fsp3) is 0.500. The monoisotopic (exact) mass is 368 g/mol. The van der Waals surface area contributed by atoms with Crippen molar-refractivity contribution < 1.29 is 14.7 Å². The van der Waals surface area contributed by atoms with E-state index < -0.39 is 11.9 Å². The molecule has 5 nitrogen and oxygen atoms in total. The normalized spacial score (nSPS) is 23.0. The van der Waals surface area contributed by atoms with Gasteiger partial charge in [0.15, 0.2) is 0 Å². The van der Waals surface area contributed by atoms with Crippen molar-refractivity contribution in [1.29, 1.82) is 0 Å². The van der Waals surface area contributed by atoms with Crippen LogP contribution in [-0.2, 0) is 4.79 Å². The van der Waals surface area contributed by atoms with Gasteiger partial charge in [-0.05, 0) is 37.0 Å². The van der Waals surface area contributed by atoms with Gasteiger partial charge < -0.3 is 15.3 Å². The zero-order chi connectivity index (χ0) is 16.3. The molecule has 0 spiro atoms. The summed E-state index contributed by atoms with van der Waals surface area (Å²) in [7, 11) is 0. The number of aliphatic carboxylic acids is 1. The molecule has 2 rings (SSSR count). The lowest BCUT2D eigenvalue weighted by molar-refractivity contribution is -0.143. The summed E-state index contributed by atoms with van der Waals surface area (Å²) in [5.74, 6) is -1.11. The standard InChI is InChI=1S/C16H21BrN2O3/c1-10-7-13(15(20)21)9-19(8-10)16(22)18-11(2)12-3-5-14(17)6-4-12/h3-6,10-11,13H,7-9H2,1-2H3,(H,18,22)(H,20,21)/t10?,11-,13?/m1/s1. The average Bonchev–Trinajstić information content (AvgIpc) is 2.47. The number of amides is 2. The van der Waals surface area contributed by atoms with Gasteiger partial charge in [-0.1, -0.05) is 35.0 Å². The van der Waals surface area contributed by atoms with Crippen LogP contribution in [0.1, 0.15) is 31.9 Å². The van der Waals surface area contributed by atoms with Gasteiger partial charge in [0.25, 0.3) is 0 Å². The number of rotatable bonds is 3. The molecule has 1 saturated heterocycles. The van der Waals surface area contributed by atoms with Crippen molar-refractivity contribution in [1.82, 2.24) is 10.2 Å². The second kappa shape index (κ2) is 7.13. The van der Waals surface area contributed by atoms with Crippen molar-refractivity contribution in [2.24, 2.45) is 11.8 Å². The summed E-state index contributed by atoms with van der Waals surface area (Å²) >= 11 is 3.38. The van der Waals surface area contributed by atoms with E-state index in [1.807, 2.05) is 38.1 Å². The Morgan fingerprint density at radius 1 is 1.32 bits per heavy atom. The Balaban J connectivity index is 1.98. The Kier molecular flexibility index (Phi) is 5.45. The average molecular weight is 369 g/mol. The van der Waals surface area contributed by atoms with Crippen molar-refractivity contribution in [3.63, 3.8) is 0 Å². The molecule has 2 amide bonds. The SMILES string of the molecule is CC1CC(C(=O)O)CN(C(=O)N[C@H](C)c2ccc(Br)cc2)C1. The molecule has 1 heterocycles. The molecule has 1 aromatic carbocycles. The maximum absolute atomic E-state index is 12.4. The Morgan fingerprint density at radius 3 is 2.55 bits per heavy atom. The Morgan fingerprint density at radius 2 is 1.95 bits per heavy atom. The summed E-state index contributed by atoms with van der Waals surface area (Å²) in [6.07, 6.45) is 0.626. The number of halogens is 1. The van der Waals surface area contributed by atoms with Crippen LogP contribution in [0, 0.1) is 11.8 Å². The van der Waals surface area contributed by atoms with E-state index in [9.17, 15) is 14.7 Å². The zero-order valence-electron chi connectivity index (χ0n) is 12.8. The molecular weight excluding hydrogens is 348 g/mol.